The molecular formula is C13H16ClNO2. The van der Waals surface area contributed by atoms with Gasteiger partial charge in [0.05, 0.1) is 12.1 Å². The van der Waals surface area contributed by atoms with E-state index < -0.39 is 6.10 Å². The number of fused-ring (bicyclic) bond motifs is 1. The molecule has 1 aromatic carbocycles. The van der Waals surface area contributed by atoms with Gasteiger partial charge in [-0.25, -0.2) is 0 Å². The summed E-state index contributed by atoms with van der Waals surface area (Å²) in [5.74, 6) is 0.434. The van der Waals surface area contributed by atoms with Crippen molar-refractivity contribution in [2.75, 3.05) is 5.88 Å². The Kier molecular flexibility index (Phi) is 4.02. The smallest absolute Gasteiger partial charge is 0.220 e. The number of hydrogen-bond donors (Lipinski definition) is 2. The van der Waals surface area contributed by atoms with E-state index in [0.717, 1.165) is 11.1 Å². The summed E-state index contributed by atoms with van der Waals surface area (Å²) in [6.07, 6.45) is 1.16. The SMILES string of the molecule is O=C(CCCCl)N[C@H]1c2ccccc2C[C@H]1O. The highest BCUT2D eigenvalue weighted by Crippen LogP contribution is 2.31. The Hall–Kier alpha value is -1.06. The molecule has 0 bridgehead atoms. The molecule has 0 fully saturated rings. The van der Waals surface area contributed by atoms with Gasteiger partial charge in [-0.05, 0) is 17.5 Å². The molecule has 1 aliphatic carbocycles. The van der Waals surface area contributed by atoms with Gasteiger partial charge < -0.3 is 10.4 Å². The molecule has 2 N–H and O–H groups in total. The van der Waals surface area contributed by atoms with E-state index in [0.29, 0.717) is 25.1 Å². The lowest BCUT2D eigenvalue weighted by Gasteiger charge is -2.17. The number of carbonyl (C=O) groups excluding carboxylic acids is 1. The minimum atomic E-state index is -0.521. The van der Waals surface area contributed by atoms with Gasteiger partial charge in [-0.2, -0.15) is 0 Å². The molecule has 1 amide bonds. The first-order valence-electron chi connectivity index (χ1n) is 5.83. The number of benzene rings is 1. The third kappa shape index (κ3) is 2.79. The van der Waals surface area contributed by atoms with Crippen molar-refractivity contribution < 1.29 is 9.90 Å². The quantitative estimate of drug-likeness (QED) is 0.804. The Bertz CT molecular complexity index is 408. The molecule has 0 spiro atoms. The van der Waals surface area contributed by atoms with Crippen LogP contribution in [0.3, 0.4) is 0 Å². The third-order valence-electron chi connectivity index (χ3n) is 3.06. The number of nitrogens with one attached hydrogen (secondary N) is 1. The lowest BCUT2D eigenvalue weighted by atomic mass is 10.1. The number of aliphatic hydroxyl groups excluding tert-OH is 1. The van der Waals surface area contributed by atoms with E-state index >= 15 is 0 Å². The third-order valence-corrected chi connectivity index (χ3v) is 3.33. The van der Waals surface area contributed by atoms with E-state index in [1.165, 1.54) is 0 Å². The molecule has 0 saturated heterocycles. The number of hydrogen-bond acceptors (Lipinski definition) is 2. The maximum absolute atomic E-state index is 11.6. The molecule has 0 unspecified atom stereocenters. The minimum absolute atomic E-state index is 0.0496. The molecule has 17 heavy (non-hydrogen) atoms. The highest BCUT2D eigenvalue weighted by Gasteiger charge is 2.31. The maximum atomic E-state index is 11.6. The van der Waals surface area contributed by atoms with E-state index in [-0.39, 0.29) is 11.9 Å². The van der Waals surface area contributed by atoms with Crippen molar-refractivity contribution in [1.82, 2.24) is 5.32 Å². The molecule has 0 saturated carbocycles. The lowest BCUT2D eigenvalue weighted by Crippen LogP contribution is -2.33. The Morgan fingerprint density at radius 3 is 3.00 bits per heavy atom. The number of carbonyl (C=O) groups is 1. The molecule has 3 nitrogen and oxygen atoms in total. The van der Waals surface area contributed by atoms with Gasteiger partial charge in [-0.3, -0.25) is 4.79 Å². The predicted molar refractivity (Wildman–Crippen MR) is 67.0 cm³/mol. The van der Waals surface area contributed by atoms with Gasteiger partial charge in [0, 0.05) is 18.7 Å². The molecule has 1 aromatic rings. The molecule has 0 heterocycles. The normalized spacial score (nSPS) is 22.2. The topological polar surface area (TPSA) is 49.3 Å². The standard InChI is InChI=1S/C13H16ClNO2/c14-7-3-6-12(17)15-13-10-5-2-1-4-9(10)8-11(13)16/h1-2,4-5,11,13,16H,3,6-8H2,(H,15,17)/t11-,13+/m1/s1. The fraction of sp³-hybridized carbons (Fsp3) is 0.462. The van der Waals surface area contributed by atoms with E-state index in [4.69, 9.17) is 11.6 Å². The molecule has 2 atom stereocenters. The molecule has 0 aliphatic heterocycles. The average molecular weight is 254 g/mol. The van der Waals surface area contributed by atoms with Crippen LogP contribution in [-0.2, 0) is 11.2 Å². The average Bonchev–Trinajstić information content (AvgIpc) is 2.64. The second kappa shape index (κ2) is 5.52. The van der Waals surface area contributed by atoms with E-state index in [2.05, 4.69) is 5.32 Å². The monoisotopic (exact) mass is 253 g/mol. The number of amides is 1. The summed E-state index contributed by atoms with van der Waals surface area (Å²) in [5.41, 5.74) is 2.14. The van der Waals surface area contributed by atoms with Gasteiger partial charge in [-0.1, -0.05) is 24.3 Å². The van der Waals surface area contributed by atoms with Crippen molar-refractivity contribution >= 4 is 17.5 Å². The van der Waals surface area contributed by atoms with Gasteiger partial charge in [0.25, 0.3) is 0 Å². The van der Waals surface area contributed by atoms with Crippen molar-refractivity contribution in [3.8, 4) is 0 Å². The summed E-state index contributed by atoms with van der Waals surface area (Å²) in [6.45, 7) is 0. The van der Waals surface area contributed by atoms with Crippen molar-refractivity contribution in [3.63, 3.8) is 0 Å². The Morgan fingerprint density at radius 2 is 2.24 bits per heavy atom. The summed E-state index contributed by atoms with van der Waals surface area (Å²) in [7, 11) is 0. The molecule has 0 radical (unpaired) electrons. The van der Waals surface area contributed by atoms with Crippen molar-refractivity contribution in [1.29, 1.82) is 0 Å². The van der Waals surface area contributed by atoms with E-state index in [1.807, 2.05) is 24.3 Å². The van der Waals surface area contributed by atoms with Crippen LogP contribution < -0.4 is 5.32 Å². The van der Waals surface area contributed by atoms with Crippen LogP contribution >= 0.6 is 11.6 Å². The zero-order chi connectivity index (χ0) is 12.3. The van der Waals surface area contributed by atoms with E-state index in [9.17, 15) is 9.90 Å². The number of rotatable bonds is 4. The highest BCUT2D eigenvalue weighted by atomic mass is 35.5. The van der Waals surface area contributed by atoms with Crippen LogP contribution in [0.1, 0.15) is 30.0 Å². The summed E-state index contributed by atoms with van der Waals surface area (Å²) >= 11 is 5.54. The summed E-state index contributed by atoms with van der Waals surface area (Å²) in [5, 5.41) is 12.8. The van der Waals surface area contributed by atoms with Crippen LogP contribution in [0.25, 0.3) is 0 Å². The summed E-state index contributed by atoms with van der Waals surface area (Å²) in [6, 6.07) is 7.55. The first-order valence-corrected chi connectivity index (χ1v) is 6.37. The Labute approximate surface area is 106 Å². The van der Waals surface area contributed by atoms with Crippen LogP contribution in [0, 0.1) is 0 Å². The Balaban J connectivity index is 2.04. The van der Waals surface area contributed by atoms with Crippen molar-refractivity contribution in [3.05, 3.63) is 35.4 Å². The van der Waals surface area contributed by atoms with E-state index in [1.54, 1.807) is 0 Å². The molecule has 0 aromatic heterocycles. The fourth-order valence-corrected chi connectivity index (χ4v) is 2.35. The number of alkyl halides is 1. The molecule has 2 rings (SSSR count). The van der Waals surface area contributed by atoms with Gasteiger partial charge in [0.2, 0.25) is 5.91 Å². The van der Waals surface area contributed by atoms with Gasteiger partial charge in [0.1, 0.15) is 0 Å². The van der Waals surface area contributed by atoms with Crippen molar-refractivity contribution in [2.45, 2.75) is 31.4 Å². The zero-order valence-corrected chi connectivity index (χ0v) is 10.3. The predicted octanol–water partition coefficient (Wildman–Crippen LogP) is 1.78. The van der Waals surface area contributed by atoms with Crippen LogP contribution in [0.15, 0.2) is 24.3 Å². The molecule has 92 valence electrons. The fourth-order valence-electron chi connectivity index (χ4n) is 2.22. The Morgan fingerprint density at radius 1 is 1.47 bits per heavy atom. The summed E-state index contributed by atoms with van der Waals surface area (Å²) in [4.78, 5) is 11.6. The van der Waals surface area contributed by atoms with Crippen LogP contribution in [-0.4, -0.2) is 23.0 Å². The van der Waals surface area contributed by atoms with Crippen LogP contribution in [0.4, 0.5) is 0 Å². The second-order valence-electron chi connectivity index (χ2n) is 4.31. The minimum Gasteiger partial charge on any atom is -0.390 e. The van der Waals surface area contributed by atoms with Crippen molar-refractivity contribution in [2.24, 2.45) is 0 Å². The first-order chi connectivity index (χ1) is 8.22. The van der Waals surface area contributed by atoms with Crippen LogP contribution in [0.5, 0.6) is 0 Å². The highest BCUT2D eigenvalue weighted by molar-refractivity contribution is 6.17. The van der Waals surface area contributed by atoms with Gasteiger partial charge in [0.15, 0.2) is 0 Å². The molecule has 1 aliphatic rings. The maximum Gasteiger partial charge on any atom is 0.220 e. The van der Waals surface area contributed by atoms with Gasteiger partial charge in [-0.15, -0.1) is 11.6 Å². The zero-order valence-electron chi connectivity index (χ0n) is 9.53. The number of halogens is 1. The lowest BCUT2D eigenvalue weighted by molar-refractivity contribution is -0.122. The first kappa shape index (κ1) is 12.4. The molecule has 4 heteroatoms. The second-order valence-corrected chi connectivity index (χ2v) is 4.69. The number of aliphatic hydroxyl groups is 1. The largest absolute Gasteiger partial charge is 0.390 e. The van der Waals surface area contributed by atoms with Crippen LogP contribution in [0.2, 0.25) is 0 Å². The van der Waals surface area contributed by atoms with Gasteiger partial charge >= 0.3 is 0 Å². The summed E-state index contributed by atoms with van der Waals surface area (Å²) < 4.78 is 0. The molecular weight excluding hydrogens is 238 g/mol.